The molecule has 15 nitrogen and oxygen atoms in total. The van der Waals surface area contributed by atoms with Crippen molar-refractivity contribution in [3.05, 3.63) is 22.8 Å². The monoisotopic (exact) mass is 808 g/mol. The van der Waals surface area contributed by atoms with Crippen molar-refractivity contribution in [2.24, 2.45) is 17.6 Å². The number of carbonyl (C=O) groups excluding carboxylic acids is 5. The van der Waals surface area contributed by atoms with E-state index in [0.717, 1.165) is 32.6 Å². The van der Waals surface area contributed by atoms with Gasteiger partial charge in [-0.2, -0.15) is 0 Å². The summed E-state index contributed by atoms with van der Waals surface area (Å²) in [6.45, 7) is 15.1. The van der Waals surface area contributed by atoms with Crippen LogP contribution in [0, 0.1) is 11.8 Å². The topological polar surface area (TPSA) is 230 Å². The van der Waals surface area contributed by atoms with Crippen LogP contribution in [0.3, 0.4) is 0 Å². The Balaban J connectivity index is 1.98. The van der Waals surface area contributed by atoms with E-state index < -0.39 is 89.8 Å². The molecule has 324 valence electrons. The van der Waals surface area contributed by atoms with E-state index in [1.165, 1.54) is 13.8 Å². The van der Waals surface area contributed by atoms with Gasteiger partial charge in [0.1, 0.15) is 23.4 Å². The van der Waals surface area contributed by atoms with Gasteiger partial charge in [0.25, 0.3) is 0 Å². The highest BCUT2D eigenvalue weighted by Crippen LogP contribution is 2.58. The van der Waals surface area contributed by atoms with Gasteiger partial charge in [-0.15, -0.1) is 0 Å². The van der Waals surface area contributed by atoms with Gasteiger partial charge in [-0.3, -0.25) is 19.2 Å². The van der Waals surface area contributed by atoms with E-state index in [2.05, 4.69) is 12.2 Å². The number of nitrogens with two attached hydrogens (primary N) is 1. The second kappa shape index (κ2) is 20.5. The molecule has 10 atom stereocenters. The molecule has 0 radical (unpaired) electrons. The van der Waals surface area contributed by atoms with Crippen LogP contribution in [0.1, 0.15) is 139 Å². The number of hydrogen-bond donors (Lipinski definition) is 5. The van der Waals surface area contributed by atoms with Crippen molar-refractivity contribution in [2.75, 3.05) is 6.54 Å². The largest absolute Gasteiger partial charge is 0.459 e. The second-order valence-corrected chi connectivity index (χ2v) is 16.8. The van der Waals surface area contributed by atoms with Crippen LogP contribution in [0.4, 0.5) is 0 Å². The van der Waals surface area contributed by atoms with Crippen LogP contribution in [0.5, 0.6) is 0 Å². The lowest BCUT2D eigenvalue weighted by atomic mass is 9.75. The molecule has 0 aromatic heterocycles. The first-order valence-corrected chi connectivity index (χ1v) is 20.6. The molecule has 6 N–H and O–H groups in total. The third kappa shape index (κ3) is 11.2. The summed E-state index contributed by atoms with van der Waals surface area (Å²) in [6, 6.07) is -0.604. The number of ether oxygens (including phenoxy) is 5. The van der Waals surface area contributed by atoms with Crippen LogP contribution in [0.15, 0.2) is 22.8 Å². The average Bonchev–Trinajstić information content (AvgIpc) is 3.46. The average molecular weight is 809 g/mol. The molecule has 0 spiro atoms. The SMILES string of the molecule is C/C=C(/C)C(=O)O[C@H]1C(C)=C2[C@H]([C@@H]1OC(=O)CCCCCCC)[C@@](C)(OC(C)=O)C[C@H](OC(=O)CCCCCNC(=O)[C@@H](N)CC(C)C)[C@@]1(O)[C@H]2O[C@H](O)[C@@]1(C)O. The predicted molar refractivity (Wildman–Crippen MR) is 209 cm³/mol. The second-order valence-electron chi connectivity index (χ2n) is 16.8. The molecule has 57 heavy (non-hydrogen) atoms. The Morgan fingerprint density at radius 1 is 0.947 bits per heavy atom. The lowest BCUT2D eigenvalue weighted by Gasteiger charge is -2.43. The molecule has 15 heteroatoms. The summed E-state index contributed by atoms with van der Waals surface area (Å²) >= 11 is 0. The van der Waals surface area contributed by atoms with Crippen LogP contribution < -0.4 is 11.1 Å². The number of hydrogen-bond acceptors (Lipinski definition) is 14. The number of amides is 1. The van der Waals surface area contributed by atoms with Crippen molar-refractivity contribution >= 4 is 29.8 Å². The molecule has 2 fully saturated rings. The summed E-state index contributed by atoms with van der Waals surface area (Å²) < 4.78 is 30.1. The third-order valence-corrected chi connectivity index (χ3v) is 11.6. The van der Waals surface area contributed by atoms with Gasteiger partial charge in [0.05, 0.1) is 12.0 Å². The maximum atomic E-state index is 13.5. The van der Waals surface area contributed by atoms with E-state index in [9.17, 15) is 39.3 Å². The molecule has 3 rings (SSSR count). The fourth-order valence-corrected chi connectivity index (χ4v) is 8.34. The molecule has 1 saturated carbocycles. The molecule has 1 amide bonds. The molecule has 1 heterocycles. The fraction of sp³-hybridized carbons (Fsp3) is 0.786. The lowest BCUT2D eigenvalue weighted by Crippen LogP contribution is -2.65. The third-order valence-electron chi connectivity index (χ3n) is 11.6. The summed E-state index contributed by atoms with van der Waals surface area (Å²) in [5.74, 6) is -3.89. The number of aliphatic hydroxyl groups is 3. The van der Waals surface area contributed by atoms with E-state index in [-0.39, 0.29) is 41.4 Å². The minimum atomic E-state index is -2.54. The van der Waals surface area contributed by atoms with Crippen LogP contribution in [-0.2, 0) is 47.7 Å². The van der Waals surface area contributed by atoms with Gasteiger partial charge in [-0.25, -0.2) is 4.79 Å². The number of fused-ring (bicyclic) bond motifs is 3. The Morgan fingerprint density at radius 2 is 1.54 bits per heavy atom. The van der Waals surface area contributed by atoms with E-state index in [4.69, 9.17) is 29.4 Å². The van der Waals surface area contributed by atoms with Crippen molar-refractivity contribution in [3.63, 3.8) is 0 Å². The fourth-order valence-electron chi connectivity index (χ4n) is 8.34. The summed E-state index contributed by atoms with van der Waals surface area (Å²) in [4.78, 5) is 65.4. The summed E-state index contributed by atoms with van der Waals surface area (Å²) in [5.41, 5.74) is -0.0216. The number of carbonyl (C=O) groups is 5. The Bertz CT molecular complexity index is 1510. The number of unbranched alkanes of at least 4 members (excludes halogenated alkanes) is 6. The van der Waals surface area contributed by atoms with Gasteiger partial charge in [0.15, 0.2) is 24.1 Å². The molecule has 0 aromatic rings. The number of nitrogens with one attached hydrogen (secondary N) is 1. The highest BCUT2D eigenvalue weighted by atomic mass is 16.7. The summed E-state index contributed by atoms with van der Waals surface area (Å²) in [5, 5.41) is 38.4. The van der Waals surface area contributed by atoms with Gasteiger partial charge in [-0.1, -0.05) is 59.0 Å². The molecule has 1 aliphatic heterocycles. The van der Waals surface area contributed by atoms with E-state index in [1.54, 1.807) is 26.8 Å². The highest BCUT2D eigenvalue weighted by molar-refractivity contribution is 5.88. The molecule has 1 saturated heterocycles. The first-order valence-electron chi connectivity index (χ1n) is 20.6. The summed E-state index contributed by atoms with van der Waals surface area (Å²) in [7, 11) is 0. The predicted octanol–water partition coefficient (Wildman–Crippen LogP) is 3.97. The van der Waals surface area contributed by atoms with Gasteiger partial charge in [0, 0.05) is 38.3 Å². The van der Waals surface area contributed by atoms with Crippen LogP contribution in [0.25, 0.3) is 0 Å². The Kier molecular flexibility index (Phi) is 17.3. The Labute approximate surface area is 337 Å². The minimum absolute atomic E-state index is 0.0652. The van der Waals surface area contributed by atoms with E-state index in [0.29, 0.717) is 38.6 Å². The van der Waals surface area contributed by atoms with Gasteiger partial charge < -0.3 is 50.1 Å². The molecule has 0 bridgehead atoms. The van der Waals surface area contributed by atoms with Crippen molar-refractivity contribution in [1.29, 1.82) is 0 Å². The zero-order chi connectivity index (χ0) is 42.9. The minimum Gasteiger partial charge on any atom is -0.459 e. The van der Waals surface area contributed by atoms with Gasteiger partial charge in [-0.05, 0) is 77.4 Å². The molecule has 2 aliphatic carbocycles. The number of aliphatic hydroxyl groups excluding tert-OH is 1. The zero-order valence-corrected chi connectivity index (χ0v) is 35.4. The molecular weight excluding hydrogens is 740 g/mol. The van der Waals surface area contributed by atoms with E-state index in [1.807, 2.05) is 13.8 Å². The van der Waals surface area contributed by atoms with Crippen LogP contribution in [-0.4, -0.2) is 105 Å². The standard InChI is InChI=1S/C42H68N2O13/c1-10-12-13-14-16-20-31(47)54-35-33-32(26(6)34(35)55-38(49)25(5)11-2)36-42(52,41(9,51)39(50)56-36)29(23-40(33,8)57-27(7)45)53-30(46)19-17-15-18-21-44-37(48)28(43)22-24(3)4/h11,24,28-29,33-36,39,50-52H,10,12-23,43H2,1-9H3,(H,44,48)/b25-11-/t28-,29-,33+,34-,35-,36-,39-,40-,41+,42+/m0/s1. The van der Waals surface area contributed by atoms with Crippen LogP contribution >= 0.6 is 0 Å². The van der Waals surface area contributed by atoms with Gasteiger partial charge in [0.2, 0.25) is 5.91 Å². The smallest absolute Gasteiger partial charge is 0.334 e. The molecule has 0 unspecified atom stereocenters. The maximum Gasteiger partial charge on any atom is 0.334 e. The van der Waals surface area contributed by atoms with Crippen molar-refractivity contribution < 1.29 is 63.0 Å². The zero-order valence-electron chi connectivity index (χ0n) is 35.4. The first kappa shape index (κ1) is 48.0. The number of allylic oxidation sites excluding steroid dienone is 1. The van der Waals surface area contributed by atoms with Crippen molar-refractivity contribution in [3.8, 4) is 0 Å². The molecular formula is C42H68N2O13. The van der Waals surface area contributed by atoms with Crippen molar-refractivity contribution in [2.45, 2.75) is 193 Å². The summed E-state index contributed by atoms with van der Waals surface area (Å²) in [6.07, 6.45) is -0.263. The molecule has 0 aromatic carbocycles. The quantitative estimate of drug-likeness (QED) is 0.0386. The van der Waals surface area contributed by atoms with E-state index >= 15 is 0 Å². The first-order chi connectivity index (χ1) is 26.7. The van der Waals surface area contributed by atoms with Gasteiger partial charge >= 0.3 is 23.9 Å². The molecule has 3 aliphatic rings. The van der Waals surface area contributed by atoms with Crippen molar-refractivity contribution in [1.82, 2.24) is 5.32 Å². The maximum absolute atomic E-state index is 13.5. The number of rotatable bonds is 20. The van der Waals surface area contributed by atoms with Crippen LogP contribution in [0.2, 0.25) is 0 Å². The normalized spacial score (nSPS) is 31.6. The highest BCUT2D eigenvalue weighted by Gasteiger charge is 2.75. The lowest BCUT2D eigenvalue weighted by molar-refractivity contribution is -0.228. The number of esters is 4. The Morgan fingerprint density at radius 3 is 2.12 bits per heavy atom. The Hall–Kier alpha value is -3.37.